The van der Waals surface area contributed by atoms with E-state index in [9.17, 15) is 9.59 Å². The van der Waals surface area contributed by atoms with Crippen LogP contribution in [0.1, 0.15) is 29.4 Å². The highest BCUT2D eigenvalue weighted by molar-refractivity contribution is 7.09. The number of hydrogen-bond donors (Lipinski definition) is 1. The second kappa shape index (κ2) is 4.85. The maximum Gasteiger partial charge on any atom is 0.332 e. The summed E-state index contributed by atoms with van der Waals surface area (Å²) in [7, 11) is 0. The lowest BCUT2D eigenvalue weighted by molar-refractivity contribution is 0.438. The number of nitrogens with one attached hydrogen (secondary N) is 1. The molecule has 8 heteroatoms. The van der Waals surface area contributed by atoms with Crippen molar-refractivity contribution in [2.45, 2.75) is 38.3 Å². The highest BCUT2D eigenvalue weighted by Crippen LogP contribution is 2.36. The lowest BCUT2D eigenvalue weighted by atomic mass is 9.85. The maximum absolute atomic E-state index is 12.4. The quantitative estimate of drug-likeness (QED) is 0.779. The average Bonchev–Trinajstić information content (AvgIpc) is 3.20. The number of nitrogens with zero attached hydrogens (tertiary/aromatic N) is 4. The number of aromatic nitrogens is 4. The van der Waals surface area contributed by atoms with Crippen LogP contribution in [0.4, 0.5) is 0 Å². The zero-order chi connectivity index (χ0) is 15.3. The van der Waals surface area contributed by atoms with Crippen molar-refractivity contribution in [1.82, 2.24) is 24.6 Å². The van der Waals surface area contributed by atoms with Gasteiger partial charge in [0.1, 0.15) is 5.82 Å². The Morgan fingerprint density at radius 3 is 2.91 bits per heavy atom. The van der Waals surface area contributed by atoms with E-state index in [0.717, 1.165) is 42.5 Å². The molecule has 2 aromatic rings. The summed E-state index contributed by atoms with van der Waals surface area (Å²) in [4.78, 5) is 29.0. The monoisotopic (exact) mass is 319 g/mol. The molecule has 7 nitrogen and oxygen atoms in total. The minimum atomic E-state index is -0.558. The first kappa shape index (κ1) is 13.8. The molecule has 0 radical (unpaired) electrons. The van der Waals surface area contributed by atoms with Gasteiger partial charge in [-0.3, -0.25) is 14.2 Å². The first-order valence-corrected chi connectivity index (χ1v) is 8.31. The minimum Gasteiger partial charge on any atom is -0.316 e. The third kappa shape index (κ3) is 1.98. The predicted octanol–water partition coefficient (Wildman–Crippen LogP) is -0.147. The van der Waals surface area contributed by atoms with Gasteiger partial charge in [0.25, 0.3) is 0 Å². The largest absolute Gasteiger partial charge is 0.332 e. The summed E-state index contributed by atoms with van der Waals surface area (Å²) in [6, 6.07) is 0. The molecule has 2 aromatic heterocycles. The minimum absolute atomic E-state index is 0.0907. The Kier molecular flexibility index (Phi) is 3.05. The summed E-state index contributed by atoms with van der Waals surface area (Å²) >= 11 is 1.53. The predicted molar refractivity (Wildman–Crippen MR) is 82.5 cm³/mol. The van der Waals surface area contributed by atoms with Crippen LogP contribution in [0.15, 0.2) is 15.0 Å². The van der Waals surface area contributed by atoms with Gasteiger partial charge in [-0.1, -0.05) is 0 Å². The van der Waals surface area contributed by atoms with E-state index in [1.54, 1.807) is 4.57 Å². The van der Waals surface area contributed by atoms with E-state index in [1.807, 2.05) is 12.3 Å². The zero-order valence-electron chi connectivity index (χ0n) is 12.3. The van der Waals surface area contributed by atoms with Gasteiger partial charge in [0.2, 0.25) is 0 Å². The topological polar surface area (TPSA) is 81.8 Å². The fraction of sp³-hybridized carbons (Fsp3) is 0.571. The Morgan fingerprint density at radius 2 is 2.23 bits per heavy atom. The van der Waals surface area contributed by atoms with E-state index in [-0.39, 0.29) is 12.0 Å². The van der Waals surface area contributed by atoms with Crippen LogP contribution in [-0.2, 0) is 18.5 Å². The molecule has 1 fully saturated rings. The van der Waals surface area contributed by atoms with Gasteiger partial charge in [0.05, 0.1) is 17.2 Å². The molecule has 0 bridgehead atoms. The van der Waals surface area contributed by atoms with Gasteiger partial charge >= 0.3 is 11.1 Å². The summed E-state index contributed by atoms with van der Waals surface area (Å²) in [5, 5.41) is 10.7. The number of thiazole rings is 1. The van der Waals surface area contributed by atoms with Crippen molar-refractivity contribution < 1.29 is 0 Å². The van der Waals surface area contributed by atoms with Crippen LogP contribution in [-0.4, -0.2) is 32.4 Å². The van der Waals surface area contributed by atoms with Crippen molar-refractivity contribution in [3.8, 4) is 0 Å². The first-order valence-electron chi connectivity index (χ1n) is 7.43. The molecule has 0 aromatic carbocycles. The molecule has 0 aliphatic carbocycles. The van der Waals surface area contributed by atoms with E-state index in [0.29, 0.717) is 6.54 Å². The van der Waals surface area contributed by atoms with Crippen molar-refractivity contribution >= 4 is 11.3 Å². The number of fused-ring (bicyclic) bond motifs is 2. The standard InChI is InChI=1S/C14H17N5O2S/c1-9-16-10(7-22-9)6-19-12(21)11(20)18-5-3-14(13(18)17-19)2-4-15-8-14/h7,15H,2-6,8H2,1H3. The van der Waals surface area contributed by atoms with Crippen molar-refractivity contribution in [1.29, 1.82) is 0 Å². The highest BCUT2D eigenvalue weighted by Gasteiger charge is 2.44. The van der Waals surface area contributed by atoms with Gasteiger partial charge in [0.15, 0.2) is 0 Å². The SMILES string of the molecule is Cc1nc(Cn2nc3n(c(=O)c2=O)CCC32CCNC2)cs1. The van der Waals surface area contributed by atoms with Gasteiger partial charge in [-0.25, -0.2) is 9.67 Å². The molecular weight excluding hydrogens is 302 g/mol. The number of hydrogen-bond acceptors (Lipinski definition) is 6. The Hall–Kier alpha value is -1.80. The van der Waals surface area contributed by atoms with Gasteiger partial charge in [0, 0.05) is 23.9 Å². The van der Waals surface area contributed by atoms with Crippen molar-refractivity contribution in [3.05, 3.63) is 42.6 Å². The molecule has 2 aliphatic rings. The summed E-state index contributed by atoms with van der Waals surface area (Å²) in [5.74, 6) is 0.758. The fourth-order valence-electron chi connectivity index (χ4n) is 3.46. The number of aryl methyl sites for hydroxylation is 1. The Balaban J connectivity index is 1.82. The second-order valence-corrected chi connectivity index (χ2v) is 7.12. The van der Waals surface area contributed by atoms with Gasteiger partial charge in [-0.15, -0.1) is 11.3 Å². The molecular formula is C14H17N5O2S. The van der Waals surface area contributed by atoms with Gasteiger partial charge < -0.3 is 5.32 Å². The molecule has 0 amide bonds. The van der Waals surface area contributed by atoms with E-state index in [2.05, 4.69) is 15.4 Å². The molecule has 22 heavy (non-hydrogen) atoms. The van der Waals surface area contributed by atoms with Crippen LogP contribution in [0.5, 0.6) is 0 Å². The average molecular weight is 319 g/mol. The smallest absolute Gasteiger partial charge is 0.316 e. The molecule has 116 valence electrons. The van der Waals surface area contributed by atoms with E-state index < -0.39 is 11.1 Å². The van der Waals surface area contributed by atoms with Crippen LogP contribution in [0.3, 0.4) is 0 Å². The number of rotatable bonds is 2. The Labute approximate surface area is 130 Å². The second-order valence-electron chi connectivity index (χ2n) is 6.06. The molecule has 1 atom stereocenters. The first-order chi connectivity index (χ1) is 10.6. The van der Waals surface area contributed by atoms with E-state index in [4.69, 9.17) is 0 Å². The lowest BCUT2D eigenvalue weighted by Crippen LogP contribution is -2.45. The molecule has 1 spiro atoms. The van der Waals surface area contributed by atoms with Crippen molar-refractivity contribution in [2.24, 2.45) is 0 Å². The Bertz CT molecular complexity index is 844. The zero-order valence-corrected chi connectivity index (χ0v) is 13.2. The third-order valence-corrected chi connectivity index (χ3v) is 5.47. The highest BCUT2D eigenvalue weighted by atomic mass is 32.1. The summed E-state index contributed by atoms with van der Waals surface area (Å²) < 4.78 is 2.85. The molecule has 0 saturated carbocycles. The van der Waals surface area contributed by atoms with Crippen LogP contribution in [0.2, 0.25) is 0 Å². The summed E-state index contributed by atoms with van der Waals surface area (Å²) in [6.07, 6.45) is 1.84. The maximum atomic E-state index is 12.4. The van der Waals surface area contributed by atoms with Crippen LogP contribution >= 0.6 is 11.3 Å². The van der Waals surface area contributed by atoms with Crippen LogP contribution < -0.4 is 16.4 Å². The lowest BCUT2D eigenvalue weighted by Gasteiger charge is -2.21. The molecule has 2 aliphatic heterocycles. The van der Waals surface area contributed by atoms with Gasteiger partial charge in [-0.2, -0.15) is 5.10 Å². The normalized spacial score (nSPS) is 23.3. The van der Waals surface area contributed by atoms with Crippen molar-refractivity contribution in [2.75, 3.05) is 13.1 Å². The Morgan fingerprint density at radius 1 is 1.36 bits per heavy atom. The van der Waals surface area contributed by atoms with Crippen LogP contribution in [0, 0.1) is 6.92 Å². The summed E-state index contributed by atoms with van der Waals surface area (Å²) in [6.45, 7) is 4.53. The molecule has 1 N–H and O–H groups in total. The van der Waals surface area contributed by atoms with Crippen LogP contribution in [0.25, 0.3) is 0 Å². The van der Waals surface area contributed by atoms with Gasteiger partial charge in [-0.05, 0) is 26.3 Å². The van der Waals surface area contributed by atoms with Crippen molar-refractivity contribution in [3.63, 3.8) is 0 Å². The molecule has 1 saturated heterocycles. The molecule has 4 rings (SSSR count). The fourth-order valence-corrected chi connectivity index (χ4v) is 4.07. The molecule has 4 heterocycles. The third-order valence-electron chi connectivity index (χ3n) is 4.64. The van der Waals surface area contributed by atoms with E-state index in [1.165, 1.54) is 16.0 Å². The van der Waals surface area contributed by atoms with E-state index >= 15 is 0 Å². The summed E-state index contributed by atoms with van der Waals surface area (Å²) in [5.41, 5.74) is -0.330. The molecule has 1 unspecified atom stereocenters.